The molecule has 162 valence electrons. The van der Waals surface area contributed by atoms with Crippen molar-refractivity contribution < 1.29 is 0 Å². The van der Waals surface area contributed by atoms with E-state index in [9.17, 15) is 0 Å². The van der Waals surface area contributed by atoms with Crippen LogP contribution in [0, 0.1) is 11.3 Å². The van der Waals surface area contributed by atoms with Gasteiger partial charge in [-0.25, -0.2) is 0 Å². The monoisotopic (exact) mass is 403 g/mol. The van der Waals surface area contributed by atoms with Crippen LogP contribution in [0.2, 0.25) is 0 Å². The molecule has 1 aliphatic rings. The van der Waals surface area contributed by atoms with Crippen LogP contribution >= 0.6 is 0 Å². The maximum absolute atomic E-state index is 8.57. The van der Waals surface area contributed by atoms with E-state index in [1.54, 1.807) is 11.1 Å². The Hall–Kier alpha value is -2.07. The average molecular weight is 404 g/mol. The molecule has 1 aliphatic carbocycles. The second-order valence-corrected chi connectivity index (χ2v) is 10.3. The molecule has 0 saturated heterocycles. The zero-order chi connectivity index (χ0) is 22.4. The second kappa shape index (κ2) is 10.3. The van der Waals surface area contributed by atoms with Crippen LogP contribution in [0.1, 0.15) is 114 Å². The number of fused-ring (bicyclic) bond motifs is 1. The van der Waals surface area contributed by atoms with E-state index in [0.717, 1.165) is 12.0 Å². The van der Waals surface area contributed by atoms with E-state index in [2.05, 4.69) is 72.7 Å². The lowest BCUT2D eigenvalue weighted by molar-refractivity contribution is 0.331. The molecule has 0 spiro atoms. The third kappa shape index (κ3) is 5.98. The van der Waals surface area contributed by atoms with Crippen LogP contribution < -0.4 is 0 Å². The Bertz CT molecular complexity index is 849. The number of hydrogen-bond acceptors (Lipinski definition) is 1. The molecular weight excluding hydrogens is 362 g/mol. The summed E-state index contributed by atoms with van der Waals surface area (Å²) in [6, 6.07) is 17.2. The summed E-state index contributed by atoms with van der Waals surface area (Å²) in [6.07, 6.45) is 7.59. The first-order chi connectivity index (χ1) is 14.1. The van der Waals surface area contributed by atoms with E-state index in [4.69, 9.17) is 5.26 Å². The molecule has 1 unspecified atom stereocenters. The quantitative estimate of drug-likeness (QED) is 0.491. The normalized spacial score (nSPS) is 17.1. The van der Waals surface area contributed by atoms with Gasteiger partial charge < -0.3 is 0 Å². The summed E-state index contributed by atoms with van der Waals surface area (Å²) >= 11 is 0. The highest BCUT2D eigenvalue weighted by Crippen LogP contribution is 2.45. The zero-order valence-electron chi connectivity index (χ0n) is 20.3. The van der Waals surface area contributed by atoms with Crippen molar-refractivity contribution in [1.82, 2.24) is 0 Å². The van der Waals surface area contributed by atoms with E-state index in [1.165, 1.54) is 43.2 Å². The average Bonchev–Trinajstić information content (AvgIpc) is 2.75. The zero-order valence-corrected chi connectivity index (χ0v) is 20.3. The minimum absolute atomic E-state index is 0.354. The van der Waals surface area contributed by atoms with Gasteiger partial charge in [-0.05, 0) is 83.2 Å². The molecule has 2 aromatic rings. The Balaban J connectivity index is 0.000000232. The number of nitriles is 1. The first-order valence-electron chi connectivity index (χ1n) is 11.8. The van der Waals surface area contributed by atoms with E-state index < -0.39 is 0 Å². The summed E-state index contributed by atoms with van der Waals surface area (Å²) in [5.74, 6) is 0.595. The molecule has 1 atom stereocenters. The minimum atomic E-state index is 0.354. The van der Waals surface area contributed by atoms with Gasteiger partial charge in [0.15, 0.2) is 0 Å². The number of unbranched alkanes of at least 4 members (excludes halogenated alkanes) is 1. The molecule has 0 aliphatic heterocycles. The summed E-state index contributed by atoms with van der Waals surface area (Å²) in [5.41, 5.74) is 7.48. The molecule has 0 heterocycles. The molecule has 0 radical (unpaired) electrons. The Kier molecular flexibility index (Phi) is 8.31. The molecule has 0 saturated carbocycles. The molecule has 1 nitrogen and oxygen atoms in total. The first kappa shape index (κ1) is 24.2. The van der Waals surface area contributed by atoms with Crippen molar-refractivity contribution in [3.8, 4) is 6.07 Å². The standard InChI is InChI=1S/C18H28.C11H13N/c1-6-7-8-14-9-10-15-16(13-14)18(4,5)12-11-17(15,2)3;1-3-9(2)11-6-4-10(8-12)5-7-11/h9-10,13H,6-8,11-12H2,1-5H3;4-7,9H,3H2,1-2H3. The molecule has 0 bridgehead atoms. The van der Waals surface area contributed by atoms with Gasteiger partial charge in [-0.3, -0.25) is 0 Å². The molecule has 0 amide bonds. The van der Waals surface area contributed by atoms with Gasteiger partial charge in [0.1, 0.15) is 0 Å². The van der Waals surface area contributed by atoms with Crippen LogP contribution in [0.5, 0.6) is 0 Å². The maximum Gasteiger partial charge on any atom is 0.0991 e. The van der Waals surface area contributed by atoms with Crippen molar-refractivity contribution in [2.75, 3.05) is 0 Å². The van der Waals surface area contributed by atoms with Gasteiger partial charge in [-0.15, -0.1) is 0 Å². The van der Waals surface area contributed by atoms with Crippen molar-refractivity contribution in [2.24, 2.45) is 0 Å². The van der Waals surface area contributed by atoms with Gasteiger partial charge >= 0.3 is 0 Å². The summed E-state index contributed by atoms with van der Waals surface area (Å²) < 4.78 is 0. The predicted molar refractivity (Wildman–Crippen MR) is 130 cm³/mol. The van der Waals surface area contributed by atoms with E-state index in [0.29, 0.717) is 16.7 Å². The van der Waals surface area contributed by atoms with E-state index >= 15 is 0 Å². The number of nitrogens with zero attached hydrogens (tertiary/aromatic N) is 1. The van der Waals surface area contributed by atoms with Crippen LogP contribution in [-0.2, 0) is 17.3 Å². The van der Waals surface area contributed by atoms with Gasteiger partial charge in [-0.1, -0.05) is 85.2 Å². The van der Waals surface area contributed by atoms with E-state index in [-0.39, 0.29) is 0 Å². The van der Waals surface area contributed by atoms with Crippen molar-refractivity contribution in [2.45, 2.75) is 104 Å². The SMILES string of the molecule is CCC(C)c1ccc(C#N)cc1.CCCCc1ccc2c(c1)C(C)(C)CCC2(C)C. The fourth-order valence-corrected chi connectivity index (χ4v) is 4.29. The van der Waals surface area contributed by atoms with E-state index in [1.807, 2.05) is 24.3 Å². The topological polar surface area (TPSA) is 23.8 Å². The Labute approximate surface area is 185 Å². The van der Waals surface area contributed by atoms with Crippen molar-refractivity contribution in [3.63, 3.8) is 0 Å². The number of rotatable bonds is 5. The third-order valence-electron chi connectivity index (χ3n) is 6.96. The third-order valence-corrected chi connectivity index (χ3v) is 6.96. The first-order valence-corrected chi connectivity index (χ1v) is 11.8. The molecule has 1 heteroatoms. The number of aryl methyl sites for hydroxylation is 1. The molecular formula is C29H41N. The molecule has 30 heavy (non-hydrogen) atoms. The van der Waals surface area contributed by atoms with Crippen molar-refractivity contribution in [3.05, 3.63) is 70.3 Å². The Morgan fingerprint density at radius 1 is 0.900 bits per heavy atom. The van der Waals surface area contributed by atoms with Gasteiger partial charge in [0, 0.05) is 0 Å². The molecule has 0 fully saturated rings. The van der Waals surface area contributed by atoms with Crippen LogP contribution in [-0.4, -0.2) is 0 Å². The van der Waals surface area contributed by atoms with Gasteiger partial charge in [0.05, 0.1) is 11.6 Å². The molecule has 3 rings (SSSR count). The van der Waals surface area contributed by atoms with Gasteiger partial charge in [-0.2, -0.15) is 5.26 Å². The summed E-state index contributed by atoms with van der Waals surface area (Å²) in [5, 5.41) is 8.57. The lowest BCUT2D eigenvalue weighted by Crippen LogP contribution is -2.33. The highest BCUT2D eigenvalue weighted by molar-refractivity contribution is 5.43. The number of hydrogen-bond donors (Lipinski definition) is 0. The second-order valence-electron chi connectivity index (χ2n) is 10.3. The lowest BCUT2D eigenvalue weighted by atomic mass is 9.63. The molecule has 0 aromatic heterocycles. The molecule has 2 aromatic carbocycles. The lowest BCUT2D eigenvalue weighted by Gasteiger charge is -2.42. The van der Waals surface area contributed by atoms with Crippen LogP contribution in [0.25, 0.3) is 0 Å². The van der Waals surface area contributed by atoms with Crippen LogP contribution in [0.15, 0.2) is 42.5 Å². The highest BCUT2D eigenvalue weighted by atomic mass is 14.4. The minimum Gasteiger partial charge on any atom is -0.192 e. The number of benzene rings is 2. The van der Waals surface area contributed by atoms with Crippen molar-refractivity contribution >= 4 is 0 Å². The van der Waals surface area contributed by atoms with Crippen molar-refractivity contribution in [1.29, 1.82) is 5.26 Å². The van der Waals surface area contributed by atoms with Crippen LogP contribution in [0.3, 0.4) is 0 Å². The summed E-state index contributed by atoms with van der Waals surface area (Å²) in [7, 11) is 0. The fourth-order valence-electron chi connectivity index (χ4n) is 4.29. The Morgan fingerprint density at radius 2 is 1.50 bits per heavy atom. The summed E-state index contributed by atoms with van der Waals surface area (Å²) in [4.78, 5) is 0. The highest BCUT2D eigenvalue weighted by Gasteiger charge is 2.36. The van der Waals surface area contributed by atoms with Gasteiger partial charge in [0.2, 0.25) is 0 Å². The summed E-state index contributed by atoms with van der Waals surface area (Å²) in [6.45, 7) is 16.2. The predicted octanol–water partition coefficient (Wildman–Crippen LogP) is 8.45. The smallest absolute Gasteiger partial charge is 0.0991 e. The van der Waals surface area contributed by atoms with Gasteiger partial charge in [0.25, 0.3) is 0 Å². The van der Waals surface area contributed by atoms with Crippen LogP contribution in [0.4, 0.5) is 0 Å². The fraction of sp³-hybridized carbons (Fsp3) is 0.552. The largest absolute Gasteiger partial charge is 0.192 e. The molecule has 0 N–H and O–H groups in total. The Morgan fingerprint density at radius 3 is 2.03 bits per heavy atom. The maximum atomic E-state index is 8.57.